The zero-order chi connectivity index (χ0) is 13.9. The lowest BCUT2D eigenvalue weighted by Crippen LogP contribution is -2.02. The number of rotatable bonds is 8. The van der Waals surface area contributed by atoms with Crippen LogP contribution >= 0.6 is 0 Å². The molecule has 0 unspecified atom stereocenters. The van der Waals surface area contributed by atoms with Crippen molar-refractivity contribution in [2.45, 2.75) is 32.6 Å². The molecule has 0 radical (unpaired) electrons. The van der Waals surface area contributed by atoms with E-state index in [-0.39, 0.29) is 5.97 Å². The fraction of sp³-hybridized carbons (Fsp3) is 0.438. The van der Waals surface area contributed by atoms with Crippen molar-refractivity contribution < 1.29 is 14.3 Å². The molecule has 0 saturated carbocycles. The Morgan fingerprint density at radius 3 is 2.84 bits per heavy atom. The molecule has 0 spiro atoms. The first-order chi connectivity index (χ1) is 9.26. The third kappa shape index (κ3) is 6.65. The van der Waals surface area contributed by atoms with Gasteiger partial charge in [0.1, 0.15) is 5.75 Å². The first-order valence-corrected chi connectivity index (χ1v) is 6.75. The highest BCUT2D eigenvalue weighted by molar-refractivity contribution is 5.87. The molecule has 0 saturated heterocycles. The SMILES string of the molecule is CCCCCCOC(=O)/C=C/c1cccc(OC)c1. The van der Waals surface area contributed by atoms with Gasteiger partial charge in [-0.25, -0.2) is 4.79 Å². The Kier molecular flexibility index (Phi) is 7.40. The van der Waals surface area contributed by atoms with Crippen molar-refractivity contribution in [3.8, 4) is 5.75 Å². The lowest BCUT2D eigenvalue weighted by Gasteiger charge is -2.02. The van der Waals surface area contributed by atoms with Crippen molar-refractivity contribution in [2.24, 2.45) is 0 Å². The molecular weight excluding hydrogens is 240 g/mol. The van der Waals surface area contributed by atoms with Gasteiger partial charge in [-0.2, -0.15) is 0 Å². The van der Waals surface area contributed by atoms with Crippen LogP contribution in [0.2, 0.25) is 0 Å². The van der Waals surface area contributed by atoms with Crippen LogP contribution in [-0.2, 0) is 9.53 Å². The average Bonchev–Trinajstić information content (AvgIpc) is 2.45. The average molecular weight is 262 g/mol. The number of ether oxygens (including phenoxy) is 2. The van der Waals surface area contributed by atoms with E-state index in [2.05, 4.69) is 6.92 Å². The maximum absolute atomic E-state index is 11.5. The first-order valence-electron chi connectivity index (χ1n) is 6.75. The number of hydrogen-bond acceptors (Lipinski definition) is 3. The monoisotopic (exact) mass is 262 g/mol. The Morgan fingerprint density at radius 2 is 2.11 bits per heavy atom. The van der Waals surface area contributed by atoms with E-state index in [4.69, 9.17) is 9.47 Å². The van der Waals surface area contributed by atoms with Gasteiger partial charge >= 0.3 is 5.97 Å². The Balaban J connectivity index is 2.32. The summed E-state index contributed by atoms with van der Waals surface area (Å²) in [7, 11) is 1.62. The van der Waals surface area contributed by atoms with Crippen LogP contribution in [0.4, 0.5) is 0 Å². The van der Waals surface area contributed by atoms with E-state index in [1.165, 1.54) is 18.9 Å². The fourth-order valence-electron chi connectivity index (χ4n) is 1.66. The summed E-state index contributed by atoms with van der Waals surface area (Å²) in [5.74, 6) is 0.481. The molecular formula is C16H22O3. The molecule has 0 aliphatic heterocycles. The summed E-state index contributed by atoms with van der Waals surface area (Å²) in [4.78, 5) is 11.5. The normalized spacial score (nSPS) is 10.6. The van der Waals surface area contributed by atoms with Crippen molar-refractivity contribution in [3.63, 3.8) is 0 Å². The van der Waals surface area contributed by atoms with Gasteiger partial charge in [-0.3, -0.25) is 0 Å². The molecule has 0 N–H and O–H groups in total. The highest BCUT2D eigenvalue weighted by atomic mass is 16.5. The zero-order valence-corrected chi connectivity index (χ0v) is 11.7. The quantitative estimate of drug-likeness (QED) is 0.406. The van der Waals surface area contributed by atoms with Crippen molar-refractivity contribution >= 4 is 12.0 Å². The van der Waals surface area contributed by atoms with Crippen LogP contribution in [0.15, 0.2) is 30.3 Å². The van der Waals surface area contributed by atoms with Crippen molar-refractivity contribution in [3.05, 3.63) is 35.9 Å². The molecule has 0 fully saturated rings. The molecule has 1 aromatic rings. The second-order valence-corrected chi connectivity index (χ2v) is 4.34. The lowest BCUT2D eigenvalue weighted by atomic mass is 10.2. The molecule has 3 heteroatoms. The van der Waals surface area contributed by atoms with Gasteiger partial charge < -0.3 is 9.47 Å². The Morgan fingerprint density at radius 1 is 1.26 bits per heavy atom. The van der Waals surface area contributed by atoms with Crippen LogP contribution in [0.25, 0.3) is 6.08 Å². The van der Waals surface area contributed by atoms with E-state index in [0.29, 0.717) is 6.61 Å². The van der Waals surface area contributed by atoms with Crippen molar-refractivity contribution in [1.82, 2.24) is 0 Å². The standard InChI is InChI=1S/C16H22O3/c1-3-4-5-6-12-19-16(17)11-10-14-8-7-9-15(13-14)18-2/h7-11,13H,3-6,12H2,1-2H3/b11-10+. The van der Waals surface area contributed by atoms with Gasteiger partial charge in [-0.05, 0) is 30.2 Å². The summed E-state index contributed by atoms with van der Waals surface area (Å²) in [6.07, 6.45) is 7.61. The molecule has 1 aromatic carbocycles. The van der Waals surface area contributed by atoms with Crippen LogP contribution in [0, 0.1) is 0 Å². The summed E-state index contributed by atoms with van der Waals surface area (Å²) in [6, 6.07) is 7.52. The zero-order valence-electron chi connectivity index (χ0n) is 11.7. The van der Waals surface area contributed by atoms with E-state index >= 15 is 0 Å². The molecule has 104 valence electrons. The van der Waals surface area contributed by atoms with Crippen LogP contribution in [0.3, 0.4) is 0 Å². The number of benzene rings is 1. The van der Waals surface area contributed by atoms with Crippen LogP contribution in [-0.4, -0.2) is 19.7 Å². The molecule has 0 bridgehead atoms. The topological polar surface area (TPSA) is 35.5 Å². The summed E-state index contributed by atoms with van der Waals surface area (Å²) >= 11 is 0. The number of carbonyl (C=O) groups excluding carboxylic acids is 1. The van der Waals surface area contributed by atoms with Gasteiger partial charge in [0.05, 0.1) is 13.7 Å². The molecule has 0 atom stereocenters. The minimum Gasteiger partial charge on any atom is -0.497 e. The van der Waals surface area contributed by atoms with Gasteiger partial charge in [0.15, 0.2) is 0 Å². The second kappa shape index (κ2) is 9.20. The largest absolute Gasteiger partial charge is 0.497 e. The molecule has 19 heavy (non-hydrogen) atoms. The van der Waals surface area contributed by atoms with Crippen LogP contribution in [0.5, 0.6) is 5.75 Å². The maximum atomic E-state index is 11.5. The van der Waals surface area contributed by atoms with E-state index < -0.39 is 0 Å². The first kappa shape index (κ1) is 15.3. The van der Waals surface area contributed by atoms with Gasteiger partial charge in [0.2, 0.25) is 0 Å². The van der Waals surface area contributed by atoms with Crippen molar-refractivity contribution in [2.75, 3.05) is 13.7 Å². The van der Waals surface area contributed by atoms with Crippen LogP contribution in [0.1, 0.15) is 38.2 Å². The molecule has 0 aromatic heterocycles. The smallest absolute Gasteiger partial charge is 0.330 e. The minimum atomic E-state index is -0.292. The number of unbranched alkanes of at least 4 members (excludes halogenated alkanes) is 3. The van der Waals surface area contributed by atoms with E-state index in [9.17, 15) is 4.79 Å². The molecule has 0 amide bonds. The highest BCUT2D eigenvalue weighted by Gasteiger charge is 1.97. The summed E-state index contributed by atoms with van der Waals surface area (Å²) in [5, 5.41) is 0. The maximum Gasteiger partial charge on any atom is 0.330 e. The minimum absolute atomic E-state index is 0.292. The highest BCUT2D eigenvalue weighted by Crippen LogP contribution is 2.13. The predicted molar refractivity (Wildman–Crippen MR) is 77.1 cm³/mol. The van der Waals surface area contributed by atoms with Gasteiger partial charge in [-0.15, -0.1) is 0 Å². The Hall–Kier alpha value is -1.77. The Bertz CT molecular complexity index is 410. The molecule has 3 nitrogen and oxygen atoms in total. The van der Waals surface area contributed by atoms with E-state index in [1.807, 2.05) is 24.3 Å². The fourth-order valence-corrected chi connectivity index (χ4v) is 1.66. The summed E-state index contributed by atoms with van der Waals surface area (Å²) in [5.41, 5.74) is 0.919. The molecule has 0 heterocycles. The summed E-state index contributed by atoms with van der Waals surface area (Å²) < 4.78 is 10.2. The van der Waals surface area contributed by atoms with Gasteiger partial charge in [0, 0.05) is 6.08 Å². The van der Waals surface area contributed by atoms with E-state index in [0.717, 1.165) is 24.2 Å². The number of carbonyl (C=O) groups is 1. The van der Waals surface area contributed by atoms with Crippen LogP contribution < -0.4 is 4.74 Å². The lowest BCUT2D eigenvalue weighted by molar-refractivity contribution is -0.137. The van der Waals surface area contributed by atoms with Gasteiger partial charge in [-0.1, -0.05) is 38.3 Å². The van der Waals surface area contributed by atoms with Gasteiger partial charge in [0.25, 0.3) is 0 Å². The van der Waals surface area contributed by atoms with E-state index in [1.54, 1.807) is 13.2 Å². The van der Waals surface area contributed by atoms with Crippen molar-refractivity contribution in [1.29, 1.82) is 0 Å². The third-order valence-electron chi connectivity index (χ3n) is 2.75. The molecule has 0 aliphatic rings. The number of methoxy groups -OCH3 is 1. The predicted octanol–water partition coefficient (Wildman–Crippen LogP) is 3.83. The molecule has 0 aliphatic carbocycles. The number of esters is 1. The Labute approximate surface area is 115 Å². The summed E-state index contributed by atoms with van der Waals surface area (Å²) in [6.45, 7) is 2.66. The third-order valence-corrected chi connectivity index (χ3v) is 2.75. The second-order valence-electron chi connectivity index (χ2n) is 4.34. The number of hydrogen-bond donors (Lipinski definition) is 0. The molecule has 1 rings (SSSR count).